The maximum Gasteiger partial charge on any atom is 0.222 e. The molecule has 0 saturated carbocycles. The van der Waals surface area contributed by atoms with Crippen LogP contribution >= 0.6 is 12.2 Å². The van der Waals surface area contributed by atoms with Gasteiger partial charge in [0.2, 0.25) is 5.91 Å². The van der Waals surface area contributed by atoms with E-state index in [1.165, 1.54) is 19.1 Å². The van der Waals surface area contributed by atoms with Crippen molar-refractivity contribution >= 4 is 34.9 Å². The van der Waals surface area contributed by atoms with Crippen LogP contribution in [0.3, 0.4) is 0 Å². The molecule has 0 aromatic heterocycles. The second-order valence-corrected chi connectivity index (χ2v) is 3.86. The number of amides is 1. The highest BCUT2D eigenvalue weighted by atomic mass is 32.1. The number of rotatable bonds is 2. The first-order valence-electron chi connectivity index (χ1n) is 4.80. The first-order chi connectivity index (χ1) is 7.90. The number of anilines is 1. The highest BCUT2D eigenvalue weighted by molar-refractivity contribution is 7.80. The van der Waals surface area contributed by atoms with Crippen LogP contribution in [0.25, 0.3) is 0 Å². The smallest absolute Gasteiger partial charge is 0.222 e. The van der Waals surface area contributed by atoms with Gasteiger partial charge >= 0.3 is 0 Å². The summed E-state index contributed by atoms with van der Waals surface area (Å²) in [6, 6.07) is 4.47. The Morgan fingerprint density at radius 1 is 1.35 bits per heavy atom. The number of carbonyl (C=O) groups excluding carboxylic acids is 2. The molecule has 0 unspecified atom stereocenters. The summed E-state index contributed by atoms with van der Waals surface area (Å²) in [5.41, 5.74) is 1.37. The number of thiocarbonyl (C=S) groups is 1. The number of aryl methyl sites for hydroxylation is 1. The van der Waals surface area contributed by atoms with E-state index in [9.17, 15) is 14.7 Å². The first-order valence-corrected chi connectivity index (χ1v) is 5.21. The Labute approximate surface area is 104 Å². The van der Waals surface area contributed by atoms with Gasteiger partial charge < -0.3 is 20.5 Å². The van der Waals surface area contributed by atoms with E-state index in [2.05, 4.69) is 10.6 Å². The second kappa shape index (κ2) is 5.40. The number of carbonyl (C=O) groups is 2. The highest BCUT2D eigenvalue weighted by Crippen LogP contribution is 2.16. The fraction of sp³-hybridized carbons (Fsp3) is 0.182. The minimum absolute atomic E-state index is 0.0451. The van der Waals surface area contributed by atoms with Gasteiger partial charge in [0.1, 0.15) is 0 Å². The van der Waals surface area contributed by atoms with Gasteiger partial charge in [0.05, 0.1) is 5.97 Å². The fourth-order valence-electron chi connectivity index (χ4n) is 1.20. The van der Waals surface area contributed by atoms with Gasteiger partial charge in [0.25, 0.3) is 0 Å². The lowest BCUT2D eigenvalue weighted by atomic mass is 10.1. The van der Waals surface area contributed by atoms with Crippen LogP contribution in [0.15, 0.2) is 18.2 Å². The zero-order chi connectivity index (χ0) is 13.0. The van der Waals surface area contributed by atoms with Gasteiger partial charge in [-0.25, -0.2) is 0 Å². The summed E-state index contributed by atoms with van der Waals surface area (Å²) in [6.07, 6.45) is 0. The third kappa shape index (κ3) is 3.84. The molecular weight excluding hydrogens is 240 g/mol. The number of hydrogen-bond donors (Lipinski definition) is 2. The molecule has 0 saturated heterocycles. The zero-order valence-electron chi connectivity index (χ0n) is 9.37. The lowest BCUT2D eigenvalue weighted by Crippen LogP contribution is -2.32. The standard InChI is InChI=1S/C11H12N2O3S/c1-6-3-4-8(10(15)16)5-9(6)13-11(17)12-7(2)14/h3-5H,1-2H3,(H,15,16)(H2,12,13,14,17)/p-1. The van der Waals surface area contributed by atoms with E-state index in [1.54, 1.807) is 13.0 Å². The topological polar surface area (TPSA) is 81.3 Å². The quantitative estimate of drug-likeness (QED) is 0.733. The van der Waals surface area contributed by atoms with E-state index in [4.69, 9.17) is 12.2 Å². The number of aromatic carboxylic acids is 1. The van der Waals surface area contributed by atoms with Gasteiger partial charge in [-0.05, 0) is 36.3 Å². The summed E-state index contributed by atoms with van der Waals surface area (Å²) >= 11 is 4.87. The van der Waals surface area contributed by atoms with E-state index in [0.29, 0.717) is 5.69 Å². The number of hydrogen-bond acceptors (Lipinski definition) is 4. The van der Waals surface area contributed by atoms with Crippen molar-refractivity contribution in [3.63, 3.8) is 0 Å². The third-order valence-electron chi connectivity index (χ3n) is 2.01. The van der Waals surface area contributed by atoms with E-state index in [0.717, 1.165) is 5.56 Å². The monoisotopic (exact) mass is 251 g/mol. The summed E-state index contributed by atoms with van der Waals surface area (Å²) in [4.78, 5) is 21.4. The molecule has 0 fully saturated rings. The second-order valence-electron chi connectivity index (χ2n) is 3.45. The van der Waals surface area contributed by atoms with Crippen LogP contribution < -0.4 is 15.7 Å². The molecule has 17 heavy (non-hydrogen) atoms. The molecule has 0 aliphatic rings. The Bertz CT molecular complexity index is 486. The van der Waals surface area contributed by atoms with Crippen molar-refractivity contribution in [3.05, 3.63) is 29.3 Å². The van der Waals surface area contributed by atoms with Crippen molar-refractivity contribution in [1.82, 2.24) is 5.32 Å². The summed E-state index contributed by atoms with van der Waals surface area (Å²) < 4.78 is 0. The van der Waals surface area contributed by atoms with Crippen LogP contribution in [0.5, 0.6) is 0 Å². The van der Waals surface area contributed by atoms with Gasteiger partial charge in [-0.1, -0.05) is 12.1 Å². The first kappa shape index (κ1) is 13.1. The summed E-state index contributed by atoms with van der Waals surface area (Å²) in [5, 5.41) is 15.9. The average Bonchev–Trinajstić information content (AvgIpc) is 2.19. The highest BCUT2D eigenvalue weighted by Gasteiger charge is 2.04. The molecule has 6 heteroatoms. The molecule has 0 atom stereocenters. The Balaban J connectivity index is 2.90. The normalized spacial score (nSPS) is 9.53. The summed E-state index contributed by atoms with van der Waals surface area (Å²) in [7, 11) is 0. The number of carboxylic acid groups (broad SMARTS) is 1. The minimum Gasteiger partial charge on any atom is -0.545 e. The third-order valence-corrected chi connectivity index (χ3v) is 2.22. The molecule has 0 bridgehead atoms. The van der Waals surface area contributed by atoms with E-state index >= 15 is 0 Å². The van der Waals surface area contributed by atoms with Crippen LogP contribution in [0, 0.1) is 6.92 Å². The zero-order valence-corrected chi connectivity index (χ0v) is 10.2. The van der Waals surface area contributed by atoms with Crippen LogP contribution in [0.4, 0.5) is 5.69 Å². The van der Waals surface area contributed by atoms with Crippen molar-refractivity contribution in [1.29, 1.82) is 0 Å². The van der Waals surface area contributed by atoms with Gasteiger partial charge in [0, 0.05) is 12.6 Å². The maximum atomic E-state index is 10.8. The van der Waals surface area contributed by atoms with Gasteiger partial charge in [-0.15, -0.1) is 0 Å². The molecule has 5 nitrogen and oxygen atoms in total. The van der Waals surface area contributed by atoms with E-state index < -0.39 is 5.97 Å². The van der Waals surface area contributed by atoms with Crippen molar-refractivity contribution in [2.24, 2.45) is 0 Å². The molecule has 1 aromatic carbocycles. The number of nitrogens with one attached hydrogen (secondary N) is 2. The summed E-state index contributed by atoms with van der Waals surface area (Å²) in [5.74, 6) is -1.56. The fourth-order valence-corrected chi connectivity index (χ4v) is 1.45. The van der Waals surface area contributed by atoms with Gasteiger partial charge in [-0.2, -0.15) is 0 Å². The molecule has 2 N–H and O–H groups in total. The molecule has 0 aliphatic heterocycles. The lowest BCUT2D eigenvalue weighted by Gasteiger charge is -2.12. The lowest BCUT2D eigenvalue weighted by molar-refractivity contribution is -0.255. The van der Waals surface area contributed by atoms with Crippen molar-refractivity contribution in [2.75, 3.05) is 5.32 Å². The Morgan fingerprint density at radius 2 is 2.00 bits per heavy atom. The molecular formula is C11H11N2O3S-. The SMILES string of the molecule is CC(=O)NC(=S)Nc1cc(C(=O)[O-])ccc1C. The van der Waals surface area contributed by atoms with Crippen LogP contribution in [0.1, 0.15) is 22.8 Å². The molecule has 1 rings (SSSR count). The van der Waals surface area contributed by atoms with E-state index in [1.807, 2.05) is 0 Å². The maximum absolute atomic E-state index is 10.8. The Morgan fingerprint density at radius 3 is 2.53 bits per heavy atom. The molecule has 1 aromatic rings. The molecule has 0 heterocycles. The van der Waals surface area contributed by atoms with Crippen molar-refractivity contribution < 1.29 is 14.7 Å². The number of carboxylic acids is 1. The van der Waals surface area contributed by atoms with E-state index in [-0.39, 0.29) is 16.6 Å². The largest absolute Gasteiger partial charge is 0.545 e. The predicted molar refractivity (Wildman–Crippen MR) is 65.5 cm³/mol. The minimum atomic E-state index is -1.27. The van der Waals surface area contributed by atoms with Crippen LogP contribution in [-0.2, 0) is 4.79 Å². The molecule has 1 amide bonds. The molecule has 90 valence electrons. The predicted octanol–water partition coefficient (Wildman–Crippen LogP) is 0.191. The van der Waals surface area contributed by atoms with Gasteiger partial charge in [0.15, 0.2) is 5.11 Å². The average molecular weight is 251 g/mol. The summed E-state index contributed by atoms with van der Waals surface area (Å²) in [6.45, 7) is 3.12. The Hall–Kier alpha value is -1.95. The van der Waals surface area contributed by atoms with Gasteiger partial charge in [-0.3, -0.25) is 4.79 Å². The molecule has 0 spiro atoms. The van der Waals surface area contributed by atoms with Crippen LogP contribution in [-0.4, -0.2) is 17.0 Å². The molecule has 0 aliphatic carbocycles. The van der Waals surface area contributed by atoms with Crippen molar-refractivity contribution in [3.8, 4) is 0 Å². The molecule has 0 radical (unpaired) electrons. The van der Waals surface area contributed by atoms with Crippen molar-refractivity contribution in [2.45, 2.75) is 13.8 Å². The number of benzene rings is 1. The van der Waals surface area contributed by atoms with Crippen LogP contribution in [0.2, 0.25) is 0 Å². The Kier molecular flexibility index (Phi) is 4.17.